The number of fused-ring (bicyclic) bond motifs is 1. The van der Waals surface area contributed by atoms with E-state index in [1.54, 1.807) is 13.0 Å². The van der Waals surface area contributed by atoms with Crippen molar-refractivity contribution in [1.29, 1.82) is 0 Å². The third kappa shape index (κ3) is 5.66. The van der Waals surface area contributed by atoms with Crippen LogP contribution in [0.15, 0.2) is 17.5 Å². The molecule has 2 atom stereocenters. The Bertz CT molecular complexity index is 1340. The van der Waals surface area contributed by atoms with Crippen LogP contribution < -0.4 is 20.4 Å². The van der Waals surface area contributed by atoms with Gasteiger partial charge in [0.05, 0.1) is 12.8 Å². The molecule has 0 spiro atoms. The maximum Gasteiger partial charge on any atom is 0.526 e. The van der Waals surface area contributed by atoms with Gasteiger partial charge in [0.15, 0.2) is 10.9 Å². The highest BCUT2D eigenvalue weighted by atomic mass is 32.1. The van der Waals surface area contributed by atoms with Crippen molar-refractivity contribution in [3.8, 4) is 11.5 Å². The van der Waals surface area contributed by atoms with Gasteiger partial charge in [-0.25, -0.2) is 14.6 Å². The lowest BCUT2D eigenvalue weighted by Crippen LogP contribution is -2.58. The van der Waals surface area contributed by atoms with Gasteiger partial charge in [-0.1, -0.05) is 0 Å². The van der Waals surface area contributed by atoms with Crippen molar-refractivity contribution in [2.75, 3.05) is 32.5 Å². The summed E-state index contributed by atoms with van der Waals surface area (Å²) in [4.78, 5) is 69.1. The summed E-state index contributed by atoms with van der Waals surface area (Å²) >= 11 is 1.04. The van der Waals surface area contributed by atoms with E-state index in [1.165, 1.54) is 23.5 Å². The number of urea groups is 1. The quantitative estimate of drug-likeness (QED) is 0.256. The number of hydrogen-bond acceptors (Lipinski definition) is 11. The number of nitrogens with two attached hydrogens (primary N) is 1. The van der Waals surface area contributed by atoms with E-state index in [0.29, 0.717) is 12.1 Å². The van der Waals surface area contributed by atoms with Crippen molar-refractivity contribution in [1.82, 2.24) is 20.1 Å². The van der Waals surface area contributed by atoms with Crippen LogP contribution in [0.1, 0.15) is 41.0 Å². The van der Waals surface area contributed by atoms with Crippen molar-refractivity contribution in [3.63, 3.8) is 0 Å². The Balaban J connectivity index is 1.55. The zero-order chi connectivity index (χ0) is 28.4. The molecule has 39 heavy (non-hydrogen) atoms. The summed E-state index contributed by atoms with van der Waals surface area (Å²) in [5.41, 5.74) is 6.09. The van der Waals surface area contributed by atoms with Crippen LogP contribution in [-0.4, -0.2) is 88.4 Å². The number of Topliss-reactive ketones (excluding diaryl/α,β-unsaturated/α-hetero) is 1. The number of rotatable bonds is 8. The number of carbonyl (C=O) groups excluding carboxylic acids is 4. The Morgan fingerprint density at radius 2 is 2.05 bits per heavy atom. The van der Waals surface area contributed by atoms with Crippen LogP contribution in [0.4, 0.5) is 9.93 Å². The molecule has 0 saturated carbocycles. The van der Waals surface area contributed by atoms with Gasteiger partial charge in [0, 0.05) is 37.3 Å². The Labute approximate surface area is 226 Å². The molecule has 206 valence electrons. The smallest absolute Gasteiger partial charge is 0.526 e. The fraction of sp³-hybridized carbons (Fsp3) is 0.391. The molecular weight excluding hydrogens is 533 g/mol. The molecule has 14 nitrogen and oxygen atoms in total. The summed E-state index contributed by atoms with van der Waals surface area (Å²) < 4.78 is 10.7. The number of ether oxygens (including phenoxy) is 1. The summed E-state index contributed by atoms with van der Waals surface area (Å²) in [5, 5.41) is 24.3. The van der Waals surface area contributed by atoms with Crippen molar-refractivity contribution < 1.29 is 43.5 Å². The molecule has 2 aliphatic rings. The number of nitrogens with one attached hydrogen (secondary N) is 1. The summed E-state index contributed by atoms with van der Waals surface area (Å²) in [6, 6.07) is 0.538. The van der Waals surface area contributed by atoms with Gasteiger partial charge in [0.25, 0.3) is 0 Å². The molecule has 2 aliphatic heterocycles. The third-order valence-electron chi connectivity index (χ3n) is 6.55. The van der Waals surface area contributed by atoms with Crippen LogP contribution in [-0.2, 0) is 20.8 Å². The van der Waals surface area contributed by atoms with Crippen LogP contribution in [0.5, 0.6) is 11.5 Å². The van der Waals surface area contributed by atoms with E-state index in [1.807, 2.05) is 0 Å². The van der Waals surface area contributed by atoms with Gasteiger partial charge in [-0.2, -0.15) is 0 Å². The van der Waals surface area contributed by atoms with Crippen molar-refractivity contribution in [3.05, 3.63) is 34.3 Å². The number of carboxylic acid groups (broad SMARTS) is 1. The SMILES string of the molecule is CCN1CCN(C(=O)NC(C(=O)C[C@H]2Cc3cc(OC)cc(C(=O)O)c3OB2O)c2csc(N)n2)C(=O)C1=O. The number of aromatic nitrogens is 1. The highest BCUT2D eigenvalue weighted by Crippen LogP contribution is 2.39. The number of carbonyl (C=O) groups is 5. The summed E-state index contributed by atoms with van der Waals surface area (Å²) in [6.45, 7) is 2.13. The minimum absolute atomic E-state index is 0.0222. The lowest BCUT2D eigenvalue weighted by Gasteiger charge is -2.33. The molecular formula is C23H26BN5O9S. The summed E-state index contributed by atoms with van der Waals surface area (Å²) in [6.07, 6.45) is -0.232. The predicted molar refractivity (Wildman–Crippen MR) is 137 cm³/mol. The topological polar surface area (TPSA) is 202 Å². The fourth-order valence-electron chi connectivity index (χ4n) is 4.50. The molecule has 1 unspecified atom stereocenters. The number of ketones is 1. The molecule has 4 rings (SSSR count). The van der Waals surface area contributed by atoms with E-state index in [-0.39, 0.29) is 53.8 Å². The van der Waals surface area contributed by atoms with Gasteiger partial charge < -0.3 is 35.5 Å². The Morgan fingerprint density at radius 3 is 2.67 bits per heavy atom. The zero-order valence-electron chi connectivity index (χ0n) is 21.1. The highest BCUT2D eigenvalue weighted by molar-refractivity contribution is 7.13. The predicted octanol–water partition coefficient (Wildman–Crippen LogP) is 0.319. The lowest BCUT2D eigenvalue weighted by molar-refractivity contribution is -0.153. The van der Waals surface area contributed by atoms with E-state index >= 15 is 0 Å². The number of nitrogen functional groups attached to an aromatic ring is 1. The van der Waals surface area contributed by atoms with E-state index < -0.39 is 48.6 Å². The molecule has 1 saturated heterocycles. The molecule has 3 heterocycles. The van der Waals surface area contributed by atoms with Gasteiger partial charge in [-0.15, -0.1) is 11.3 Å². The van der Waals surface area contributed by atoms with Crippen molar-refractivity contribution >= 4 is 53.2 Å². The number of hydrogen-bond donors (Lipinski definition) is 4. The van der Waals surface area contributed by atoms with Gasteiger partial charge in [0.1, 0.15) is 23.1 Å². The maximum atomic E-state index is 13.5. The number of aromatic carboxylic acids is 1. The number of thiazole rings is 1. The minimum Gasteiger partial charge on any atom is -0.535 e. The van der Waals surface area contributed by atoms with Crippen molar-refractivity contribution in [2.24, 2.45) is 0 Å². The van der Waals surface area contributed by atoms with E-state index in [0.717, 1.165) is 16.2 Å². The highest BCUT2D eigenvalue weighted by Gasteiger charge is 2.41. The average Bonchev–Trinajstić information content (AvgIpc) is 3.34. The molecule has 1 aromatic heterocycles. The molecule has 0 aliphatic carbocycles. The number of anilines is 1. The van der Waals surface area contributed by atoms with Gasteiger partial charge >= 0.3 is 30.9 Å². The molecule has 0 radical (unpaired) electrons. The lowest BCUT2D eigenvalue weighted by atomic mass is 9.64. The molecule has 1 fully saturated rings. The first-order valence-corrected chi connectivity index (χ1v) is 12.9. The van der Waals surface area contributed by atoms with E-state index in [9.17, 15) is 34.1 Å². The number of benzene rings is 1. The van der Waals surface area contributed by atoms with Crippen LogP contribution in [0.25, 0.3) is 0 Å². The van der Waals surface area contributed by atoms with Crippen LogP contribution >= 0.6 is 11.3 Å². The number of piperazine rings is 1. The monoisotopic (exact) mass is 559 g/mol. The molecule has 0 bridgehead atoms. The normalized spacial score (nSPS) is 17.8. The Kier molecular flexibility index (Phi) is 8.06. The number of amides is 4. The first kappa shape index (κ1) is 27.8. The molecule has 16 heteroatoms. The average molecular weight is 559 g/mol. The molecule has 4 amide bonds. The van der Waals surface area contributed by atoms with Gasteiger partial charge in [0.2, 0.25) is 0 Å². The largest absolute Gasteiger partial charge is 0.535 e. The van der Waals surface area contributed by atoms with Crippen LogP contribution in [0, 0.1) is 0 Å². The summed E-state index contributed by atoms with van der Waals surface area (Å²) in [5.74, 6) is -4.25. The number of imide groups is 1. The number of methoxy groups -OCH3 is 1. The standard InChI is InChI=1S/C23H26BN5O9S/c1-3-28-4-5-29(20(32)19(28)31)23(35)27-17(15-10-39-22(25)26-15)16(30)8-12-6-11-7-13(37-2)9-14(21(33)34)18(11)38-24(12)36/h7,9-10,12,17,36H,3-6,8H2,1-2H3,(H2,25,26)(H,27,35)(H,33,34)/t12-,17?/m1/s1. The Hall–Kier alpha value is -4.18. The van der Waals surface area contributed by atoms with Crippen molar-refractivity contribution in [2.45, 2.75) is 31.6 Å². The number of carboxylic acids is 1. The third-order valence-corrected chi connectivity index (χ3v) is 7.25. The number of nitrogens with zero attached hydrogens (tertiary/aromatic N) is 3. The number of likely N-dealkylation sites (N-methyl/N-ethyl adjacent to an activating group) is 1. The fourth-order valence-corrected chi connectivity index (χ4v) is 5.09. The second-order valence-electron chi connectivity index (χ2n) is 8.95. The first-order chi connectivity index (χ1) is 18.5. The first-order valence-electron chi connectivity index (χ1n) is 12.0. The van der Waals surface area contributed by atoms with E-state index in [2.05, 4.69) is 10.3 Å². The summed E-state index contributed by atoms with van der Waals surface area (Å²) in [7, 11) is -0.147. The molecule has 5 N–H and O–H groups in total. The van der Waals surface area contributed by atoms with Gasteiger partial charge in [-0.05, 0) is 31.0 Å². The van der Waals surface area contributed by atoms with E-state index in [4.69, 9.17) is 15.1 Å². The van der Waals surface area contributed by atoms with Crippen LogP contribution in [0.3, 0.4) is 0 Å². The minimum atomic E-state index is -1.52. The second kappa shape index (κ2) is 11.3. The van der Waals surface area contributed by atoms with Crippen LogP contribution in [0.2, 0.25) is 5.82 Å². The molecule has 1 aromatic carbocycles. The van der Waals surface area contributed by atoms with Gasteiger partial charge in [-0.3, -0.25) is 19.3 Å². The second-order valence-corrected chi connectivity index (χ2v) is 9.84. The maximum absolute atomic E-state index is 13.5. The zero-order valence-corrected chi connectivity index (χ0v) is 21.9. The Morgan fingerprint density at radius 1 is 1.31 bits per heavy atom. The molecule has 2 aromatic rings.